The van der Waals surface area contributed by atoms with E-state index in [1.54, 1.807) is 12.1 Å². The SMILES string of the molecule is CCNC(CSc1cccc(F)c1)C(=O)O. The number of rotatable bonds is 6. The maximum Gasteiger partial charge on any atom is 0.321 e. The van der Waals surface area contributed by atoms with Gasteiger partial charge in [-0.3, -0.25) is 4.79 Å². The maximum atomic E-state index is 12.9. The van der Waals surface area contributed by atoms with Gasteiger partial charge in [0.1, 0.15) is 11.9 Å². The zero-order chi connectivity index (χ0) is 12.0. The smallest absolute Gasteiger partial charge is 0.321 e. The number of likely N-dealkylation sites (N-methyl/N-ethyl adjacent to an activating group) is 1. The van der Waals surface area contributed by atoms with Crippen LogP contribution in [0.3, 0.4) is 0 Å². The lowest BCUT2D eigenvalue weighted by Gasteiger charge is -2.12. The number of aliphatic carboxylic acids is 1. The van der Waals surface area contributed by atoms with Gasteiger partial charge in [-0.2, -0.15) is 0 Å². The first-order valence-electron chi connectivity index (χ1n) is 4.98. The number of carbonyl (C=O) groups is 1. The molecule has 1 unspecified atom stereocenters. The zero-order valence-electron chi connectivity index (χ0n) is 8.94. The quantitative estimate of drug-likeness (QED) is 0.750. The fourth-order valence-electron chi connectivity index (χ4n) is 1.20. The third kappa shape index (κ3) is 4.20. The van der Waals surface area contributed by atoms with Crippen molar-refractivity contribution < 1.29 is 14.3 Å². The van der Waals surface area contributed by atoms with Crippen molar-refractivity contribution in [2.75, 3.05) is 12.3 Å². The number of thioether (sulfide) groups is 1. The van der Waals surface area contributed by atoms with Crippen LogP contribution in [-0.2, 0) is 4.79 Å². The Hall–Kier alpha value is -1.07. The number of carboxylic acids is 1. The predicted octanol–water partition coefficient (Wildman–Crippen LogP) is 1.98. The van der Waals surface area contributed by atoms with E-state index in [1.165, 1.54) is 23.9 Å². The first-order valence-corrected chi connectivity index (χ1v) is 5.96. The van der Waals surface area contributed by atoms with Crippen LogP contribution in [0.25, 0.3) is 0 Å². The van der Waals surface area contributed by atoms with Crippen molar-refractivity contribution in [1.29, 1.82) is 0 Å². The Kier molecular flexibility index (Phi) is 5.28. The van der Waals surface area contributed by atoms with Crippen molar-refractivity contribution in [3.05, 3.63) is 30.1 Å². The summed E-state index contributed by atoms with van der Waals surface area (Å²) in [6.07, 6.45) is 0. The van der Waals surface area contributed by atoms with Crippen LogP contribution in [0.5, 0.6) is 0 Å². The summed E-state index contributed by atoms with van der Waals surface area (Å²) >= 11 is 1.33. The highest BCUT2D eigenvalue weighted by Gasteiger charge is 2.15. The Balaban J connectivity index is 2.51. The molecule has 0 spiro atoms. The molecule has 3 nitrogen and oxygen atoms in total. The minimum absolute atomic E-state index is 0.305. The van der Waals surface area contributed by atoms with Crippen molar-refractivity contribution in [2.24, 2.45) is 0 Å². The van der Waals surface area contributed by atoms with Gasteiger partial charge in [-0.25, -0.2) is 4.39 Å². The van der Waals surface area contributed by atoms with Gasteiger partial charge in [-0.1, -0.05) is 13.0 Å². The lowest BCUT2D eigenvalue weighted by Crippen LogP contribution is -2.38. The highest BCUT2D eigenvalue weighted by atomic mass is 32.2. The molecule has 0 aliphatic carbocycles. The molecule has 0 saturated carbocycles. The molecule has 1 atom stereocenters. The third-order valence-electron chi connectivity index (χ3n) is 1.96. The summed E-state index contributed by atoms with van der Waals surface area (Å²) in [6, 6.07) is 5.54. The number of hydrogen-bond donors (Lipinski definition) is 2. The van der Waals surface area contributed by atoms with E-state index in [1.807, 2.05) is 6.92 Å². The van der Waals surface area contributed by atoms with Crippen LogP contribution in [0.4, 0.5) is 4.39 Å². The molecule has 0 aliphatic rings. The molecule has 0 amide bonds. The Bertz CT molecular complexity index is 360. The molecule has 0 heterocycles. The van der Waals surface area contributed by atoms with Gasteiger partial charge in [0, 0.05) is 10.6 Å². The first kappa shape index (κ1) is 13.0. The van der Waals surface area contributed by atoms with Gasteiger partial charge in [0.15, 0.2) is 0 Å². The summed E-state index contributed by atoms with van der Waals surface area (Å²) in [5.41, 5.74) is 0. The number of nitrogens with one attached hydrogen (secondary N) is 1. The Morgan fingerprint density at radius 3 is 2.94 bits per heavy atom. The van der Waals surface area contributed by atoms with Gasteiger partial charge in [0.25, 0.3) is 0 Å². The van der Waals surface area contributed by atoms with E-state index in [9.17, 15) is 9.18 Å². The zero-order valence-corrected chi connectivity index (χ0v) is 9.76. The molecule has 88 valence electrons. The number of hydrogen-bond acceptors (Lipinski definition) is 3. The van der Waals surface area contributed by atoms with Crippen LogP contribution in [0.2, 0.25) is 0 Å². The van der Waals surface area contributed by atoms with Gasteiger partial charge in [-0.15, -0.1) is 11.8 Å². The van der Waals surface area contributed by atoms with Gasteiger partial charge in [0.05, 0.1) is 0 Å². The average molecular weight is 243 g/mol. The van der Waals surface area contributed by atoms with Crippen LogP contribution in [0.1, 0.15) is 6.92 Å². The Morgan fingerprint density at radius 1 is 1.62 bits per heavy atom. The van der Waals surface area contributed by atoms with E-state index >= 15 is 0 Å². The fraction of sp³-hybridized carbons (Fsp3) is 0.364. The van der Waals surface area contributed by atoms with Crippen molar-refractivity contribution >= 4 is 17.7 Å². The molecule has 5 heteroatoms. The summed E-state index contributed by atoms with van der Waals surface area (Å²) in [7, 11) is 0. The topological polar surface area (TPSA) is 49.3 Å². The molecular formula is C11H14FNO2S. The van der Waals surface area contributed by atoms with Crippen molar-refractivity contribution in [2.45, 2.75) is 17.9 Å². The van der Waals surface area contributed by atoms with Crippen LogP contribution < -0.4 is 5.32 Å². The van der Waals surface area contributed by atoms with Crippen LogP contribution >= 0.6 is 11.8 Å². The van der Waals surface area contributed by atoms with Crippen molar-refractivity contribution in [1.82, 2.24) is 5.32 Å². The third-order valence-corrected chi connectivity index (χ3v) is 3.05. The van der Waals surface area contributed by atoms with E-state index < -0.39 is 12.0 Å². The van der Waals surface area contributed by atoms with Crippen molar-refractivity contribution in [3.8, 4) is 0 Å². The van der Waals surface area contributed by atoms with E-state index in [2.05, 4.69) is 5.32 Å². The lowest BCUT2D eigenvalue weighted by atomic mass is 10.3. The largest absolute Gasteiger partial charge is 0.480 e. The van der Waals surface area contributed by atoms with Crippen LogP contribution in [0.15, 0.2) is 29.2 Å². The van der Waals surface area contributed by atoms with Gasteiger partial charge >= 0.3 is 5.97 Å². The minimum Gasteiger partial charge on any atom is -0.480 e. The normalized spacial score (nSPS) is 12.4. The monoisotopic (exact) mass is 243 g/mol. The summed E-state index contributed by atoms with van der Waals surface area (Å²) in [5.74, 6) is -0.807. The number of halogens is 1. The highest BCUT2D eigenvalue weighted by molar-refractivity contribution is 7.99. The second kappa shape index (κ2) is 6.50. The summed E-state index contributed by atoms with van der Waals surface area (Å²) in [4.78, 5) is 11.6. The molecule has 0 aliphatic heterocycles. The summed E-state index contributed by atoms with van der Waals surface area (Å²) in [5, 5.41) is 11.7. The minimum atomic E-state index is -0.884. The Morgan fingerprint density at radius 2 is 2.38 bits per heavy atom. The summed E-state index contributed by atoms with van der Waals surface area (Å²) < 4.78 is 12.9. The first-order chi connectivity index (χ1) is 7.63. The van der Waals surface area contributed by atoms with Crippen LogP contribution in [0, 0.1) is 5.82 Å². The van der Waals surface area contributed by atoms with E-state index in [-0.39, 0.29) is 5.82 Å². The molecule has 1 aromatic carbocycles. The molecule has 0 aromatic heterocycles. The molecule has 0 saturated heterocycles. The lowest BCUT2D eigenvalue weighted by molar-refractivity contribution is -0.138. The fourth-order valence-corrected chi connectivity index (χ4v) is 2.19. The molecule has 16 heavy (non-hydrogen) atoms. The van der Waals surface area contributed by atoms with E-state index in [0.29, 0.717) is 12.3 Å². The van der Waals surface area contributed by atoms with Crippen LogP contribution in [-0.4, -0.2) is 29.4 Å². The van der Waals surface area contributed by atoms with Gasteiger partial charge in [-0.05, 0) is 24.7 Å². The molecule has 2 N–H and O–H groups in total. The average Bonchev–Trinajstić information content (AvgIpc) is 2.24. The molecule has 1 aromatic rings. The molecular weight excluding hydrogens is 229 g/mol. The standard InChI is InChI=1S/C11H14FNO2S/c1-2-13-10(11(14)15)7-16-9-5-3-4-8(12)6-9/h3-6,10,13H,2,7H2,1H3,(H,14,15). The number of benzene rings is 1. The van der Waals surface area contributed by atoms with E-state index in [0.717, 1.165) is 4.90 Å². The van der Waals surface area contributed by atoms with Gasteiger partial charge < -0.3 is 10.4 Å². The molecule has 1 rings (SSSR count). The van der Waals surface area contributed by atoms with Crippen molar-refractivity contribution in [3.63, 3.8) is 0 Å². The highest BCUT2D eigenvalue weighted by Crippen LogP contribution is 2.19. The predicted molar refractivity (Wildman–Crippen MR) is 62.2 cm³/mol. The van der Waals surface area contributed by atoms with E-state index in [4.69, 9.17) is 5.11 Å². The summed E-state index contributed by atoms with van der Waals surface area (Å²) in [6.45, 7) is 2.45. The van der Waals surface area contributed by atoms with Gasteiger partial charge in [0.2, 0.25) is 0 Å². The molecule has 0 fully saturated rings. The molecule has 0 radical (unpaired) electrons. The molecule has 0 bridgehead atoms. The second-order valence-electron chi connectivity index (χ2n) is 3.22. The second-order valence-corrected chi connectivity index (χ2v) is 4.31. The number of carboxylic acid groups (broad SMARTS) is 1. The Labute approximate surface area is 98.1 Å². The maximum absolute atomic E-state index is 12.9.